The molecule has 0 radical (unpaired) electrons. The van der Waals surface area contributed by atoms with E-state index in [0.29, 0.717) is 13.2 Å². The highest BCUT2D eigenvalue weighted by Crippen LogP contribution is 2.40. The summed E-state index contributed by atoms with van der Waals surface area (Å²) >= 11 is 0. The number of carbonyl (C=O) groups excluding carboxylic acids is 1. The van der Waals surface area contributed by atoms with Gasteiger partial charge in [0.15, 0.2) is 0 Å². The second-order valence-corrected chi connectivity index (χ2v) is 6.26. The quantitative estimate of drug-likeness (QED) is 0.798. The van der Waals surface area contributed by atoms with Gasteiger partial charge in [0.2, 0.25) is 5.91 Å². The van der Waals surface area contributed by atoms with E-state index in [4.69, 9.17) is 4.74 Å². The van der Waals surface area contributed by atoms with Crippen LogP contribution >= 0.6 is 0 Å². The van der Waals surface area contributed by atoms with Gasteiger partial charge in [0.25, 0.3) is 0 Å². The first-order valence-corrected chi connectivity index (χ1v) is 7.18. The summed E-state index contributed by atoms with van der Waals surface area (Å²) in [5.41, 5.74) is 0.152. The molecule has 1 aliphatic carbocycles. The third-order valence-corrected chi connectivity index (χ3v) is 4.34. The van der Waals surface area contributed by atoms with Gasteiger partial charge in [0, 0.05) is 25.0 Å². The zero-order valence-electron chi connectivity index (χ0n) is 11.6. The molecule has 2 fully saturated rings. The van der Waals surface area contributed by atoms with Gasteiger partial charge in [-0.2, -0.15) is 0 Å². The first-order chi connectivity index (χ1) is 8.59. The lowest BCUT2D eigenvalue weighted by molar-refractivity contribution is -0.130. The van der Waals surface area contributed by atoms with Gasteiger partial charge in [-0.1, -0.05) is 26.7 Å². The Morgan fingerprint density at radius 3 is 2.94 bits per heavy atom. The Morgan fingerprint density at radius 2 is 2.28 bits per heavy atom. The van der Waals surface area contributed by atoms with Crippen molar-refractivity contribution in [1.82, 2.24) is 10.6 Å². The Hall–Kier alpha value is -0.610. The lowest BCUT2D eigenvalue weighted by atomic mass is 9.68. The van der Waals surface area contributed by atoms with Crippen molar-refractivity contribution in [3.8, 4) is 0 Å². The van der Waals surface area contributed by atoms with E-state index in [0.717, 1.165) is 26.0 Å². The van der Waals surface area contributed by atoms with E-state index >= 15 is 0 Å². The zero-order chi connectivity index (χ0) is 13.0. The van der Waals surface area contributed by atoms with Crippen molar-refractivity contribution in [3.63, 3.8) is 0 Å². The average Bonchev–Trinajstić information content (AvgIpc) is 2.37. The van der Waals surface area contributed by atoms with Crippen LogP contribution in [0, 0.1) is 11.3 Å². The summed E-state index contributed by atoms with van der Waals surface area (Å²) in [6, 6.07) is 0.273. The second kappa shape index (κ2) is 6.02. The third-order valence-electron chi connectivity index (χ3n) is 4.34. The summed E-state index contributed by atoms with van der Waals surface area (Å²) in [7, 11) is 0. The van der Waals surface area contributed by atoms with E-state index < -0.39 is 0 Å². The topological polar surface area (TPSA) is 50.4 Å². The second-order valence-electron chi connectivity index (χ2n) is 6.26. The largest absolute Gasteiger partial charge is 0.378 e. The summed E-state index contributed by atoms with van der Waals surface area (Å²) in [4.78, 5) is 12.3. The summed E-state index contributed by atoms with van der Waals surface area (Å²) in [6.07, 6.45) is 4.64. The van der Waals surface area contributed by atoms with Crippen molar-refractivity contribution in [3.05, 3.63) is 0 Å². The minimum Gasteiger partial charge on any atom is -0.378 e. The molecule has 2 aliphatic rings. The number of ether oxygens (including phenoxy) is 1. The molecule has 2 N–H and O–H groups in total. The highest BCUT2D eigenvalue weighted by Gasteiger charge is 2.37. The first-order valence-electron chi connectivity index (χ1n) is 7.18. The number of amides is 1. The normalized spacial score (nSPS) is 31.9. The molecule has 2 rings (SSSR count). The molecule has 0 spiro atoms. The molecule has 1 heterocycles. The number of hydrogen-bond acceptors (Lipinski definition) is 3. The Kier molecular flexibility index (Phi) is 4.62. The molecule has 0 aromatic rings. The number of hydrogen-bond donors (Lipinski definition) is 2. The maximum absolute atomic E-state index is 12.3. The molecule has 4 nitrogen and oxygen atoms in total. The van der Waals surface area contributed by atoms with Crippen LogP contribution in [0.15, 0.2) is 0 Å². The molecule has 0 aromatic carbocycles. The van der Waals surface area contributed by atoms with Crippen molar-refractivity contribution in [1.29, 1.82) is 0 Å². The fourth-order valence-corrected chi connectivity index (χ4v) is 3.08. The average molecular weight is 254 g/mol. The molecule has 2 atom stereocenters. The predicted octanol–water partition coefficient (Wildman–Crippen LogP) is 1.31. The molecule has 2 unspecified atom stereocenters. The number of morpholine rings is 1. The lowest BCUT2D eigenvalue weighted by Gasteiger charge is -2.37. The van der Waals surface area contributed by atoms with Crippen molar-refractivity contribution >= 4 is 5.91 Å². The van der Waals surface area contributed by atoms with Crippen LogP contribution in [-0.4, -0.2) is 38.3 Å². The molecule has 104 valence electrons. The molecule has 18 heavy (non-hydrogen) atoms. The summed E-state index contributed by atoms with van der Waals surface area (Å²) in [5.74, 6) is 0.405. The molecular weight excluding hydrogens is 228 g/mol. The van der Waals surface area contributed by atoms with Gasteiger partial charge >= 0.3 is 0 Å². The molecule has 1 saturated heterocycles. The molecule has 0 bridgehead atoms. The fraction of sp³-hybridized carbons (Fsp3) is 0.929. The Labute approximate surface area is 110 Å². The van der Waals surface area contributed by atoms with Gasteiger partial charge in [0.05, 0.1) is 13.2 Å². The van der Waals surface area contributed by atoms with Gasteiger partial charge in [-0.25, -0.2) is 0 Å². The fourth-order valence-electron chi connectivity index (χ4n) is 3.08. The summed E-state index contributed by atoms with van der Waals surface area (Å²) < 4.78 is 5.39. The Balaban J connectivity index is 1.79. The monoisotopic (exact) mass is 254 g/mol. The maximum atomic E-state index is 12.3. The summed E-state index contributed by atoms with van der Waals surface area (Å²) in [6.45, 7) is 7.49. The van der Waals surface area contributed by atoms with E-state index in [9.17, 15) is 4.79 Å². The van der Waals surface area contributed by atoms with E-state index in [-0.39, 0.29) is 23.3 Å². The minimum absolute atomic E-state index is 0.152. The van der Waals surface area contributed by atoms with E-state index in [1.54, 1.807) is 0 Å². The van der Waals surface area contributed by atoms with Gasteiger partial charge in [-0.15, -0.1) is 0 Å². The van der Waals surface area contributed by atoms with Crippen molar-refractivity contribution in [2.24, 2.45) is 11.3 Å². The predicted molar refractivity (Wildman–Crippen MR) is 71.4 cm³/mol. The van der Waals surface area contributed by atoms with Crippen molar-refractivity contribution in [2.75, 3.05) is 26.3 Å². The Morgan fingerprint density at radius 1 is 1.44 bits per heavy atom. The van der Waals surface area contributed by atoms with Crippen LogP contribution in [0.1, 0.15) is 39.5 Å². The zero-order valence-corrected chi connectivity index (χ0v) is 11.6. The number of carbonyl (C=O) groups is 1. The van der Waals surface area contributed by atoms with Crippen molar-refractivity contribution < 1.29 is 9.53 Å². The van der Waals surface area contributed by atoms with Crippen LogP contribution in [0.2, 0.25) is 0 Å². The van der Waals surface area contributed by atoms with Crippen molar-refractivity contribution in [2.45, 2.75) is 45.6 Å². The number of rotatable bonds is 3. The van der Waals surface area contributed by atoms with E-state index in [1.807, 2.05) is 0 Å². The molecule has 1 aliphatic heterocycles. The smallest absolute Gasteiger partial charge is 0.223 e. The molecule has 1 saturated carbocycles. The van der Waals surface area contributed by atoms with Crippen LogP contribution in [0.5, 0.6) is 0 Å². The minimum atomic E-state index is 0.152. The van der Waals surface area contributed by atoms with E-state index in [1.165, 1.54) is 12.8 Å². The molecule has 4 heteroatoms. The molecular formula is C14H26N2O2. The van der Waals surface area contributed by atoms with E-state index in [2.05, 4.69) is 24.5 Å². The molecule has 1 amide bonds. The SMILES string of the molecule is CC1(C)CCCCC1C(=O)NCC1COCCN1. The van der Waals surface area contributed by atoms with Gasteiger partial charge in [-0.3, -0.25) is 4.79 Å². The van der Waals surface area contributed by atoms with Crippen LogP contribution in [0.4, 0.5) is 0 Å². The van der Waals surface area contributed by atoms with Crippen LogP contribution in [0.25, 0.3) is 0 Å². The van der Waals surface area contributed by atoms with Gasteiger partial charge < -0.3 is 15.4 Å². The first kappa shape index (κ1) is 13.8. The summed E-state index contributed by atoms with van der Waals surface area (Å²) in [5, 5.41) is 6.45. The van der Waals surface area contributed by atoms with Crippen LogP contribution < -0.4 is 10.6 Å². The molecule has 0 aromatic heterocycles. The van der Waals surface area contributed by atoms with Crippen LogP contribution in [-0.2, 0) is 9.53 Å². The Bertz CT molecular complexity index is 286. The highest BCUT2D eigenvalue weighted by molar-refractivity contribution is 5.79. The van der Waals surface area contributed by atoms with Gasteiger partial charge in [-0.05, 0) is 18.3 Å². The lowest BCUT2D eigenvalue weighted by Crippen LogP contribution is -2.50. The highest BCUT2D eigenvalue weighted by atomic mass is 16.5. The number of nitrogens with one attached hydrogen (secondary N) is 2. The maximum Gasteiger partial charge on any atom is 0.223 e. The standard InChI is InChI=1S/C14H26N2O2/c1-14(2)6-4-3-5-12(14)13(17)16-9-11-10-18-8-7-15-11/h11-12,15H,3-10H2,1-2H3,(H,16,17). The van der Waals surface area contributed by atoms with Crippen LogP contribution in [0.3, 0.4) is 0 Å². The van der Waals surface area contributed by atoms with Gasteiger partial charge in [0.1, 0.15) is 0 Å². The third kappa shape index (κ3) is 3.45.